The van der Waals surface area contributed by atoms with Crippen LogP contribution in [-0.4, -0.2) is 6.54 Å². The molecule has 0 saturated carbocycles. The van der Waals surface area contributed by atoms with E-state index < -0.39 is 0 Å². The van der Waals surface area contributed by atoms with E-state index in [-0.39, 0.29) is 0 Å². The van der Waals surface area contributed by atoms with Crippen LogP contribution in [0.25, 0.3) is 0 Å². The molecule has 0 unspecified atom stereocenters. The number of nitrogens with one attached hydrogen (secondary N) is 2. The first-order valence-corrected chi connectivity index (χ1v) is 3.82. The highest BCUT2D eigenvalue weighted by Gasteiger charge is 1.83. The summed E-state index contributed by atoms with van der Waals surface area (Å²) in [6, 6.07) is 0. The quantitative estimate of drug-likeness (QED) is 0.320. The Hall–Kier alpha value is -0.340. The standard InChI is InChI=1S/C8H17N2/c1-3-5-6-8-10-9-7-4-2/h4,8-10H,2-3,5-7H2,1H3. The van der Waals surface area contributed by atoms with E-state index in [4.69, 9.17) is 0 Å². The number of hydrogen-bond donors (Lipinski definition) is 2. The van der Waals surface area contributed by atoms with Gasteiger partial charge in [0.1, 0.15) is 0 Å². The summed E-state index contributed by atoms with van der Waals surface area (Å²) in [7, 11) is 0. The third-order valence-corrected chi connectivity index (χ3v) is 1.15. The lowest BCUT2D eigenvalue weighted by Crippen LogP contribution is -2.29. The Kier molecular flexibility index (Phi) is 8.37. The van der Waals surface area contributed by atoms with Crippen LogP contribution in [0, 0.1) is 6.54 Å². The van der Waals surface area contributed by atoms with E-state index in [9.17, 15) is 0 Å². The Morgan fingerprint density at radius 1 is 1.50 bits per heavy atom. The molecule has 0 saturated heterocycles. The summed E-state index contributed by atoms with van der Waals surface area (Å²) in [5.41, 5.74) is 5.95. The molecule has 0 aromatic heterocycles. The van der Waals surface area contributed by atoms with Crippen LogP contribution >= 0.6 is 0 Å². The normalized spacial score (nSPS) is 9.70. The summed E-state index contributed by atoms with van der Waals surface area (Å²) in [6.07, 6.45) is 5.45. The van der Waals surface area contributed by atoms with Crippen LogP contribution < -0.4 is 10.9 Å². The van der Waals surface area contributed by atoms with Crippen molar-refractivity contribution in [2.75, 3.05) is 6.54 Å². The van der Waals surface area contributed by atoms with Crippen LogP contribution in [0.2, 0.25) is 0 Å². The number of hydrogen-bond acceptors (Lipinski definition) is 2. The Bertz CT molecular complexity index is 71.7. The summed E-state index contributed by atoms with van der Waals surface area (Å²) >= 11 is 0. The molecular weight excluding hydrogens is 124 g/mol. The monoisotopic (exact) mass is 141 g/mol. The minimum atomic E-state index is 0.808. The van der Waals surface area contributed by atoms with E-state index in [2.05, 4.69) is 24.4 Å². The summed E-state index contributed by atoms with van der Waals surface area (Å²) in [5.74, 6) is 0. The van der Waals surface area contributed by atoms with Crippen molar-refractivity contribution >= 4 is 0 Å². The van der Waals surface area contributed by atoms with Gasteiger partial charge in [-0.25, -0.2) is 0 Å². The first kappa shape index (κ1) is 9.66. The molecule has 0 spiro atoms. The van der Waals surface area contributed by atoms with Gasteiger partial charge in [-0.05, 0) is 6.42 Å². The van der Waals surface area contributed by atoms with Crippen LogP contribution in [0.1, 0.15) is 26.2 Å². The van der Waals surface area contributed by atoms with Gasteiger partial charge in [0.25, 0.3) is 0 Å². The maximum absolute atomic E-state index is 3.58. The Labute approximate surface area is 63.7 Å². The van der Waals surface area contributed by atoms with E-state index >= 15 is 0 Å². The van der Waals surface area contributed by atoms with Crippen molar-refractivity contribution in [2.45, 2.75) is 26.2 Å². The molecule has 0 fully saturated rings. The van der Waals surface area contributed by atoms with E-state index in [0.29, 0.717) is 0 Å². The van der Waals surface area contributed by atoms with Gasteiger partial charge in [-0.2, -0.15) is 0 Å². The molecule has 0 aliphatic heterocycles. The SMILES string of the molecule is C=CCNN[CH]CCCC. The minimum Gasteiger partial charge on any atom is -0.254 e. The fraction of sp³-hybridized carbons (Fsp3) is 0.625. The van der Waals surface area contributed by atoms with Crippen LogP contribution in [-0.2, 0) is 0 Å². The van der Waals surface area contributed by atoms with Gasteiger partial charge in [0.2, 0.25) is 0 Å². The molecule has 1 radical (unpaired) electrons. The van der Waals surface area contributed by atoms with Gasteiger partial charge in [0.15, 0.2) is 0 Å². The molecule has 2 nitrogen and oxygen atoms in total. The highest BCUT2D eigenvalue weighted by Crippen LogP contribution is 1.93. The van der Waals surface area contributed by atoms with Crippen molar-refractivity contribution in [2.24, 2.45) is 0 Å². The lowest BCUT2D eigenvalue weighted by Gasteiger charge is -2.01. The molecule has 0 aromatic rings. The Balaban J connectivity index is 2.70. The zero-order valence-electron chi connectivity index (χ0n) is 6.69. The number of hydrazine groups is 1. The summed E-state index contributed by atoms with van der Waals surface area (Å²) in [6.45, 7) is 8.61. The van der Waals surface area contributed by atoms with Crippen molar-refractivity contribution in [1.82, 2.24) is 10.9 Å². The highest BCUT2D eigenvalue weighted by atomic mass is 15.3. The summed E-state index contributed by atoms with van der Waals surface area (Å²) in [4.78, 5) is 0. The number of rotatable bonds is 7. The first-order valence-electron chi connectivity index (χ1n) is 3.82. The molecule has 2 N–H and O–H groups in total. The summed E-state index contributed by atoms with van der Waals surface area (Å²) in [5, 5.41) is 0. The Morgan fingerprint density at radius 2 is 2.30 bits per heavy atom. The smallest absolute Gasteiger partial charge is 0.0380 e. The van der Waals surface area contributed by atoms with Crippen molar-refractivity contribution in [1.29, 1.82) is 0 Å². The molecule has 2 heteroatoms. The fourth-order valence-corrected chi connectivity index (χ4v) is 0.582. The van der Waals surface area contributed by atoms with Gasteiger partial charge >= 0.3 is 0 Å². The zero-order chi connectivity index (χ0) is 7.66. The fourth-order valence-electron chi connectivity index (χ4n) is 0.582. The molecule has 10 heavy (non-hydrogen) atoms. The first-order chi connectivity index (χ1) is 4.91. The lowest BCUT2D eigenvalue weighted by molar-refractivity contribution is 0.600. The second-order valence-electron chi connectivity index (χ2n) is 2.16. The van der Waals surface area contributed by atoms with E-state index in [0.717, 1.165) is 13.0 Å². The Morgan fingerprint density at radius 3 is 2.90 bits per heavy atom. The molecule has 0 amide bonds. The van der Waals surface area contributed by atoms with E-state index in [1.54, 1.807) is 0 Å². The largest absolute Gasteiger partial charge is 0.254 e. The van der Waals surface area contributed by atoms with Crippen LogP contribution in [0.5, 0.6) is 0 Å². The van der Waals surface area contributed by atoms with Gasteiger partial charge in [0.05, 0.1) is 0 Å². The maximum Gasteiger partial charge on any atom is 0.0380 e. The maximum atomic E-state index is 3.58. The molecule has 0 atom stereocenters. The molecule has 0 aliphatic rings. The highest BCUT2D eigenvalue weighted by molar-refractivity contribution is 4.69. The zero-order valence-corrected chi connectivity index (χ0v) is 6.69. The van der Waals surface area contributed by atoms with Crippen LogP contribution in [0.3, 0.4) is 0 Å². The van der Waals surface area contributed by atoms with Crippen molar-refractivity contribution in [3.8, 4) is 0 Å². The predicted octanol–water partition coefficient (Wildman–Crippen LogP) is 1.62. The lowest BCUT2D eigenvalue weighted by atomic mass is 10.2. The molecular formula is C8H17N2. The van der Waals surface area contributed by atoms with Crippen molar-refractivity contribution in [3.63, 3.8) is 0 Å². The predicted molar refractivity (Wildman–Crippen MR) is 45.2 cm³/mol. The van der Waals surface area contributed by atoms with Crippen LogP contribution in [0.4, 0.5) is 0 Å². The molecule has 0 rings (SSSR count). The topological polar surface area (TPSA) is 24.1 Å². The second kappa shape index (κ2) is 8.66. The van der Waals surface area contributed by atoms with E-state index in [1.807, 2.05) is 12.6 Å². The molecule has 0 heterocycles. The summed E-state index contributed by atoms with van der Waals surface area (Å²) < 4.78 is 0. The van der Waals surface area contributed by atoms with Crippen molar-refractivity contribution < 1.29 is 0 Å². The minimum absolute atomic E-state index is 0.808. The van der Waals surface area contributed by atoms with Crippen LogP contribution in [0.15, 0.2) is 12.7 Å². The average molecular weight is 141 g/mol. The van der Waals surface area contributed by atoms with Crippen molar-refractivity contribution in [3.05, 3.63) is 19.2 Å². The van der Waals surface area contributed by atoms with Gasteiger partial charge in [-0.3, -0.25) is 10.9 Å². The van der Waals surface area contributed by atoms with E-state index in [1.165, 1.54) is 12.8 Å². The molecule has 0 aliphatic carbocycles. The average Bonchev–Trinajstić information content (AvgIpc) is 1.97. The van der Waals surface area contributed by atoms with Gasteiger partial charge < -0.3 is 0 Å². The molecule has 0 aromatic carbocycles. The third-order valence-electron chi connectivity index (χ3n) is 1.15. The number of unbranched alkanes of at least 4 members (excludes halogenated alkanes) is 2. The molecule has 59 valence electrons. The molecule has 0 bridgehead atoms. The van der Waals surface area contributed by atoms with Gasteiger partial charge in [-0.1, -0.05) is 25.8 Å². The second-order valence-corrected chi connectivity index (χ2v) is 2.16. The third kappa shape index (κ3) is 7.66. The van der Waals surface area contributed by atoms with Gasteiger partial charge in [0, 0.05) is 13.1 Å². The van der Waals surface area contributed by atoms with Gasteiger partial charge in [-0.15, -0.1) is 6.58 Å².